The summed E-state index contributed by atoms with van der Waals surface area (Å²) >= 11 is 0. The van der Waals surface area contributed by atoms with E-state index in [0.717, 1.165) is 17.5 Å². The molecule has 1 amide bonds. The van der Waals surface area contributed by atoms with Crippen LogP contribution >= 0.6 is 0 Å². The minimum atomic E-state index is -0.834. The van der Waals surface area contributed by atoms with Gasteiger partial charge in [0.25, 0.3) is 0 Å². The van der Waals surface area contributed by atoms with Crippen molar-refractivity contribution in [2.45, 2.75) is 39.2 Å². The van der Waals surface area contributed by atoms with Crippen molar-refractivity contribution in [1.29, 1.82) is 0 Å². The van der Waals surface area contributed by atoms with Gasteiger partial charge in [-0.1, -0.05) is 26.0 Å². The molecule has 186 valence electrons. The zero-order valence-electron chi connectivity index (χ0n) is 20.3. The standard InChI is InChI=1S/C27H31F2N3O3/c1-27(2)14-21-25(23(33)15-27)26(17-11-18(28)13-19(29)12-17)32(16-24(34)30-9-6-10-35-3)22-8-5-4-7-20(22)31-21/h4-5,7-8,11-13,26,31H,6,9-10,14-16H2,1-3H3,(H,30,34). The van der Waals surface area contributed by atoms with Crippen LogP contribution < -0.4 is 15.5 Å². The van der Waals surface area contributed by atoms with Crippen molar-refractivity contribution in [2.75, 3.05) is 37.0 Å². The fourth-order valence-corrected chi connectivity index (χ4v) is 4.96. The molecule has 0 radical (unpaired) electrons. The molecule has 6 nitrogen and oxygen atoms in total. The van der Waals surface area contributed by atoms with Crippen LogP contribution in [0.15, 0.2) is 53.7 Å². The zero-order chi connectivity index (χ0) is 25.2. The Balaban J connectivity index is 1.84. The van der Waals surface area contributed by atoms with Crippen LogP contribution in [0.5, 0.6) is 0 Å². The third kappa shape index (κ3) is 5.53. The van der Waals surface area contributed by atoms with Crippen LogP contribution in [0, 0.1) is 17.0 Å². The number of hydrogen-bond acceptors (Lipinski definition) is 5. The topological polar surface area (TPSA) is 70.7 Å². The van der Waals surface area contributed by atoms with Gasteiger partial charge in [-0.05, 0) is 48.1 Å². The fraction of sp³-hybridized carbons (Fsp3) is 0.407. The van der Waals surface area contributed by atoms with Crippen molar-refractivity contribution in [2.24, 2.45) is 5.41 Å². The monoisotopic (exact) mass is 483 g/mol. The fourth-order valence-electron chi connectivity index (χ4n) is 4.96. The number of ketones is 1. The SMILES string of the molecule is COCCCNC(=O)CN1c2ccccc2NC2=C(C(=O)CC(C)(C)C2)C1c1cc(F)cc(F)c1. The second-order valence-corrected chi connectivity index (χ2v) is 9.90. The van der Waals surface area contributed by atoms with E-state index in [4.69, 9.17) is 4.74 Å². The summed E-state index contributed by atoms with van der Waals surface area (Å²) in [6, 6.07) is 9.88. The van der Waals surface area contributed by atoms with Crippen LogP contribution in [-0.2, 0) is 14.3 Å². The molecule has 1 aliphatic heterocycles. The number of amides is 1. The number of halogens is 2. The minimum Gasteiger partial charge on any atom is -0.385 e. The Morgan fingerprint density at radius 1 is 1.17 bits per heavy atom. The second kappa shape index (κ2) is 10.2. The van der Waals surface area contributed by atoms with Gasteiger partial charge >= 0.3 is 0 Å². The summed E-state index contributed by atoms with van der Waals surface area (Å²) in [6.45, 7) is 4.90. The molecule has 0 fully saturated rings. The maximum Gasteiger partial charge on any atom is 0.239 e. The molecule has 0 saturated heterocycles. The summed E-state index contributed by atoms with van der Waals surface area (Å²) < 4.78 is 33.8. The van der Waals surface area contributed by atoms with E-state index in [9.17, 15) is 18.4 Å². The third-order valence-electron chi connectivity index (χ3n) is 6.37. The van der Waals surface area contributed by atoms with E-state index in [0.29, 0.717) is 43.7 Å². The lowest BCUT2D eigenvalue weighted by Gasteiger charge is -2.37. The highest BCUT2D eigenvalue weighted by atomic mass is 19.1. The Morgan fingerprint density at radius 2 is 1.89 bits per heavy atom. The summed E-state index contributed by atoms with van der Waals surface area (Å²) in [4.78, 5) is 28.3. The Hall–Kier alpha value is -3.26. The van der Waals surface area contributed by atoms with E-state index in [1.165, 1.54) is 12.1 Å². The van der Waals surface area contributed by atoms with E-state index in [1.807, 2.05) is 38.1 Å². The first-order valence-corrected chi connectivity index (χ1v) is 11.8. The highest BCUT2D eigenvalue weighted by molar-refractivity contribution is 6.01. The predicted molar refractivity (Wildman–Crippen MR) is 131 cm³/mol. The van der Waals surface area contributed by atoms with Gasteiger partial charge in [-0.3, -0.25) is 9.59 Å². The molecule has 1 aliphatic carbocycles. The maximum absolute atomic E-state index is 14.4. The summed E-state index contributed by atoms with van der Waals surface area (Å²) in [6.07, 6.45) is 1.55. The van der Waals surface area contributed by atoms with Gasteiger partial charge < -0.3 is 20.3 Å². The smallest absolute Gasteiger partial charge is 0.239 e. The van der Waals surface area contributed by atoms with Gasteiger partial charge in [0, 0.05) is 44.0 Å². The van der Waals surface area contributed by atoms with Crippen LogP contribution in [0.1, 0.15) is 44.7 Å². The molecule has 0 spiro atoms. The largest absolute Gasteiger partial charge is 0.385 e. The molecule has 8 heteroatoms. The molecule has 2 aromatic carbocycles. The van der Waals surface area contributed by atoms with Crippen LogP contribution in [0.3, 0.4) is 0 Å². The number of benzene rings is 2. The number of carbonyl (C=O) groups is 2. The van der Waals surface area contributed by atoms with E-state index in [-0.39, 0.29) is 29.2 Å². The van der Waals surface area contributed by atoms with Crippen LogP contribution in [0.4, 0.5) is 20.2 Å². The number of allylic oxidation sites excluding steroid dienone is 1. The number of carbonyl (C=O) groups excluding carboxylic acids is 2. The van der Waals surface area contributed by atoms with Crippen molar-refractivity contribution in [3.05, 3.63) is 70.9 Å². The average molecular weight is 484 g/mol. The van der Waals surface area contributed by atoms with Gasteiger partial charge in [0.1, 0.15) is 11.6 Å². The molecule has 0 saturated carbocycles. The van der Waals surface area contributed by atoms with Crippen LogP contribution in [0.25, 0.3) is 0 Å². The molecule has 1 heterocycles. The Labute approximate surface area is 204 Å². The van der Waals surface area contributed by atoms with E-state index in [2.05, 4.69) is 10.6 Å². The first-order valence-electron chi connectivity index (χ1n) is 11.8. The Morgan fingerprint density at radius 3 is 2.60 bits per heavy atom. The Kier molecular flexibility index (Phi) is 7.21. The van der Waals surface area contributed by atoms with Gasteiger partial charge in [-0.2, -0.15) is 0 Å². The molecule has 0 bridgehead atoms. The number of nitrogens with one attached hydrogen (secondary N) is 2. The predicted octanol–water partition coefficient (Wildman–Crippen LogP) is 4.73. The molecule has 1 unspecified atom stereocenters. The molecular formula is C27H31F2N3O3. The van der Waals surface area contributed by atoms with Gasteiger partial charge in [0.05, 0.1) is 24.0 Å². The summed E-state index contributed by atoms with van der Waals surface area (Å²) in [5.74, 6) is -1.83. The number of rotatable bonds is 7. The first kappa shape index (κ1) is 24.9. The number of ether oxygens (including phenoxy) is 1. The molecular weight excluding hydrogens is 452 g/mol. The zero-order valence-corrected chi connectivity index (χ0v) is 20.3. The lowest BCUT2D eigenvalue weighted by molar-refractivity contribution is -0.120. The summed E-state index contributed by atoms with van der Waals surface area (Å²) in [5.41, 5.74) is 2.58. The van der Waals surface area contributed by atoms with Gasteiger partial charge in [-0.25, -0.2) is 8.78 Å². The quantitative estimate of drug-likeness (QED) is 0.557. The number of Topliss-reactive ketones (excluding diaryl/α,β-unsaturated/α-hetero) is 1. The van der Waals surface area contributed by atoms with Crippen molar-refractivity contribution in [3.63, 3.8) is 0 Å². The first-order chi connectivity index (χ1) is 16.7. The normalized spacial score (nSPS) is 18.9. The average Bonchev–Trinajstić information content (AvgIpc) is 2.90. The molecule has 4 rings (SSSR count). The number of methoxy groups -OCH3 is 1. The van der Waals surface area contributed by atoms with Crippen LogP contribution in [-0.4, -0.2) is 38.5 Å². The molecule has 2 N–H and O–H groups in total. The molecule has 2 aliphatic rings. The number of anilines is 2. The summed E-state index contributed by atoms with van der Waals surface area (Å²) in [5, 5.41) is 6.30. The van der Waals surface area contributed by atoms with Gasteiger partial charge in [0.15, 0.2) is 5.78 Å². The lowest BCUT2D eigenvalue weighted by Crippen LogP contribution is -2.42. The summed E-state index contributed by atoms with van der Waals surface area (Å²) in [7, 11) is 1.60. The highest BCUT2D eigenvalue weighted by Crippen LogP contribution is 2.48. The van der Waals surface area contributed by atoms with E-state index in [1.54, 1.807) is 12.0 Å². The third-order valence-corrected chi connectivity index (χ3v) is 6.37. The van der Waals surface area contributed by atoms with Gasteiger partial charge in [-0.15, -0.1) is 0 Å². The van der Waals surface area contributed by atoms with E-state index >= 15 is 0 Å². The van der Waals surface area contributed by atoms with Crippen molar-refractivity contribution >= 4 is 23.1 Å². The molecule has 0 aromatic heterocycles. The number of hydrogen-bond donors (Lipinski definition) is 2. The molecule has 2 aromatic rings. The van der Waals surface area contributed by atoms with Gasteiger partial charge in [0.2, 0.25) is 5.91 Å². The second-order valence-electron chi connectivity index (χ2n) is 9.90. The van der Waals surface area contributed by atoms with E-state index < -0.39 is 17.7 Å². The lowest BCUT2D eigenvalue weighted by atomic mass is 9.73. The number of nitrogens with zero attached hydrogens (tertiary/aromatic N) is 1. The molecule has 1 atom stereocenters. The van der Waals surface area contributed by atoms with Crippen molar-refractivity contribution in [3.8, 4) is 0 Å². The highest BCUT2D eigenvalue weighted by Gasteiger charge is 2.42. The van der Waals surface area contributed by atoms with Crippen molar-refractivity contribution < 1.29 is 23.1 Å². The minimum absolute atomic E-state index is 0.0953. The van der Waals surface area contributed by atoms with Crippen molar-refractivity contribution in [1.82, 2.24) is 5.32 Å². The molecule has 35 heavy (non-hydrogen) atoms. The number of para-hydroxylation sites is 2. The maximum atomic E-state index is 14.4. The van der Waals surface area contributed by atoms with Crippen LogP contribution in [0.2, 0.25) is 0 Å². The number of fused-ring (bicyclic) bond motifs is 1. The Bertz CT molecular complexity index is 1140.